The van der Waals surface area contributed by atoms with Crippen LogP contribution in [-0.4, -0.2) is 16.1 Å². The van der Waals surface area contributed by atoms with Crippen molar-refractivity contribution < 1.29 is 14.3 Å². The molecule has 0 fully saturated rings. The molecule has 0 saturated carbocycles. The molecular formula is C13H13FN2O2S. The summed E-state index contributed by atoms with van der Waals surface area (Å²) in [5.41, 5.74) is 0.212. The lowest BCUT2D eigenvalue weighted by Gasteiger charge is -2.05. The van der Waals surface area contributed by atoms with E-state index in [0.29, 0.717) is 12.2 Å². The minimum Gasteiger partial charge on any atom is -0.478 e. The van der Waals surface area contributed by atoms with Gasteiger partial charge in [-0.1, -0.05) is 6.92 Å². The zero-order valence-corrected chi connectivity index (χ0v) is 11.1. The number of hydrogen-bond donors (Lipinski definition) is 2. The number of thiazole rings is 1. The van der Waals surface area contributed by atoms with Crippen LogP contribution < -0.4 is 5.32 Å². The van der Waals surface area contributed by atoms with Crippen LogP contribution in [0.1, 0.15) is 27.2 Å². The number of aromatic nitrogens is 1. The maximum absolute atomic E-state index is 13.5. The predicted molar refractivity (Wildman–Crippen MR) is 72.2 cm³/mol. The van der Waals surface area contributed by atoms with Crippen molar-refractivity contribution in [3.63, 3.8) is 0 Å². The highest BCUT2D eigenvalue weighted by Gasteiger charge is 2.10. The van der Waals surface area contributed by atoms with Crippen LogP contribution in [0.2, 0.25) is 0 Å². The van der Waals surface area contributed by atoms with Gasteiger partial charge in [0.2, 0.25) is 0 Å². The van der Waals surface area contributed by atoms with Crippen LogP contribution in [0.3, 0.4) is 0 Å². The molecule has 2 rings (SSSR count). The first-order chi connectivity index (χ1) is 9.10. The fourth-order valence-corrected chi connectivity index (χ4v) is 2.37. The van der Waals surface area contributed by atoms with Gasteiger partial charge in [0.15, 0.2) is 0 Å². The van der Waals surface area contributed by atoms with Gasteiger partial charge in [-0.3, -0.25) is 0 Å². The first-order valence-corrected chi connectivity index (χ1v) is 6.62. The number of hydrogen-bond acceptors (Lipinski definition) is 4. The summed E-state index contributed by atoms with van der Waals surface area (Å²) in [5, 5.41) is 12.7. The molecule has 0 unspecified atom stereocenters. The van der Waals surface area contributed by atoms with E-state index in [1.807, 2.05) is 6.20 Å². The molecule has 4 nitrogen and oxygen atoms in total. The number of carbonyl (C=O) groups is 1. The molecule has 1 aromatic carbocycles. The molecule has 19 heavy (non-hydrogen) atoms. The first kappa shape index (κ1) is 13.5. The second-order valence-corrected chi connectivity index (χ2v) is 5.13. The van der Waals surface area contributed by atoms with Crippen LogP contribution in [0.25, 0.3) is 0 Å². The normalized spacial score (nSPS) is 10.4. The number of aromatic carboxylic acids is 1. The Balaban J connectivity index is 2.03. The maximum atomic E-state index is 13.5. The van der Waals surface area contributed by atoms with E-state index in [2.05, 4.69) is 17.2 Å². The standard InChI is InChI=1S/C13H13FN2O2S/c1-2-9-6-16-12(19-9)7-15-8-3-4-10(13(17)18)11(14)5-8/h3-6,15H,2,7H2,1H3,(H,17,18). The molecule has 100 valence electrons. The van der Waals surface area contributed by atoms with Crippen molar-refractivity contribution in [3.8, 4) is 0 Å². The van der Waals surface area contributed by atoms with Crippen molar-refractivity contribution in [2.45, 2.75) is 19.9 Å². The molecule has 0 aliphatic heterocycles. The van der Waals surface area contributed by atoms with Crippen molar-refractivity contribution in [2.75, 3.05) is 5.32 Å². The van der Waals surface area contributed by atoms with Gasteiger partial charge in [-0.2, -0.15) is 0 Å². The smallest absolute Gasteiger partial charge is 0.338 e. The van der Waals surface area contributed by atoms with Crippen molar-refractivity contribution in [1.82, 2.24) is 4.98 Å². The lowest BCUT2D eigenvalue weighted by Crippen LogP contribution is -2.03. The number of anilines is 1. The van der Waals surface area contributed by atoms with Crippen LogP contribution in [0, 0.1) is 5.82 Å². The molecule has 0 spiro atoms. The Hall–Kier alpha value is -1.95. The molecule has 0 saturated heterocycles. The summed E-state index contributed by atoms with van der Waals surface area (Å²) in [5.74, 6) is -2.01. The Morgan fingerprint density at radius 2 is 2.32 bits per heavy atom. The third kappa shape index (κ3) is 3.29. The van der Waals surface area contributed by atoms with E-state index < -0.39 is 11.8 Å². The van der Waals surface area contributed by atoms with E-state index >= 15 is 0 Å². The average molecular weight is 280 g/mol. The highest BCUT2D eigenvalue weighted by atomic mass is 32.1. The number of halogens is 1. The Labute approximate surface area is 113 Å². The van der Waals surface area contributed by atoms with Crippen LogP contribution in [0.4, 0.5) is 10.1 Å². The topological polar surface area (TPSA) is 62.2 Å². The van der Waals surface area contributed by atoms with E-state index in [4.69, 9.17) is 5.11 Å². The summed E-state index contributed by atoms with van der Waals surface area (Å²) in [4.78, 5) is 16.1. The monoisotopic (exact) mass is 280 g/mol. The van der Waals surface area contributed by atoms with Crippen molar-refractivity contribution in [3.05, 3.63) is 45.7 Å². The number of nitrogens with zero attached hydrogens (tertiary/aromatic N) is 1. The van der Waals surface area contributed by atoms with Crippen molar-refractivity contribution in [2.24, 2.45) is 0 Å². The van der Waals surface area contributed by atoms with Crippen molar-refractivity contribution in [1.29, 1.82) is 0 Å². The van der Waals surface area contributed by atoms with Gasteiger partial charge in [-0.15, -0.1) is 11.3 Å². The zero-order valence-electron chi connectivity index (χ0n) is 10.3. The largest absolute Gasteiger partial charge is 0.478 e. The fraction of sp³-hybridized carbons (Fsp3) is 0.231. The molecule has 2 N–H and O–H groups in total. The number of nitrogens with one attached hydrogen (secondary N) is 1. The van der Waals surface area contributed by atoms with Gasteiger partial charge in [0, 0.05) is 16.8 Å². The van der Waals surface area contributed by atoms with Gasteiger partial charge in [-0.25, -0.2) is 14.2 Å². The molecule has 0 amide bonds. The molecule has 1 aromatic heterocycles. The minimum atomic E-state index is -1.27. The molecule has 6 heteroatoms. The van der Waals surface area contributed by atoms with Gasteiger partial charge in [-0.05, 0) is 24.6 Å². The molecular weight excluding hydrogens is 267 g/mol. The van der Waals surface area contributed by atoms with E-state index in [9.17, 15) is 9.18 Å². The number of aryl methyl sites for hydroxylation is 1. The van der Waals surface area contributed by atoms with E-state index in [1.54, 1.807) is 17.4 Å². The molecule has 2 aromatic rings. The van der Waals surface area contributed by atoms with E-state index in [0.717, 1.165) is 11.4 Å². The van der Waals surface area contributed by atoms with Crippen molar-refractivity contribution >= 4 is 23.0 Å². The SMILES string of the molecule is CCc1cnc(CNc2ccc(C(=O)O)c(F)c2)s1. The number of rotatable bonds is 5. The fourth-order valence-electron chi connectivity index (χ4n) is 1.57. The average Bonchev–Trinajstić information content (AvgIpc) is 2.84. The van der Waals surface area contributed by atoms with Gasteiger partial charge in [0.1, 0.15) is 10.8 Å². The second kappa shape index (κ2) is 5.79. The molecule has 0 aliphatic carbocycles. The molecule has 0 bridgehead atoms. The van der Waals surface area contributed by atoms with E-state index in [-0.39, 0.29) is 5.56 Å². The summed E-state index contributed by atoms with van der Waals surface area (Å²) in [6.45, 7) is 2.56. The Kier molecular flexibility index (Phi) is 4.11. The quantitative estimate of drug-likeness (QED) is 0.883. The minimum absolute atomic E-state index is 0.326. The van der Waals surface area contributed by atoms with Gasteiger partial charge in [0.25, 0.3) is 0 Å². The zero-order chi connectivity index (χ0) is 13.8. The number of benzene rings is 1. The lowest BCUT2D eigenvalue weighted by molar-refractivity contribution is 0.0692. The molecule has 1 heterocycles. The van der Waals surface area contributed by atoms with E-state index in [1.165, 1.54) is 17.0 Å². The first-order valence-electron chi connectivity index (χ1n) is 5.80. The second-order valence-electron chi connectivity index (χ2n) is 3.93. The van der Waals surface area contributed by atoms with Crippen LogP contribution in [0.5, 0.6) is 0 Å². The number of carboxylic acids is 1. The maximum Gasteiger partial charge on any atom is 0.338 e. The number of carboxylic acid groups (broad SMARTS) is 1. The third-order valence-electron chi connectivity index (χ3n) is 2.59. The summed E-state index contributed by atoms with van der Waals surface area (Å²) >= 11 is 1.60. The van der Waals surface area contributed by atoms with Crippen LogP contribution in [-0.2, 0) is 13.0 Å². The predicted octanol–water partition coefficient (Wildman–Crippen LogP) is 3.15. The molecule has 0 aliphatic rings. The van der Waals surface area contributed by atoms with Crippen LogP contribution in [0.15, 0.2) is 24.4 Å². The highest BCUT2D eigenvalue weighted by molar-refractivity contribution is 7.11. The third-order valence-corrected chi connectivity index (χ3v) is 3.73. The summed E-state index contributed by atoms with van der Waals surface area (Å²) in [7, 11) is 0. The van der Waals surface area contributed by atoms with Gasteiger partial charge >= 0.3 is 5.97 Å². The van der Waals surface area contributed by atoms with Gasteiger partial charge < -0.3 is 10.4 Å². The highest BCUT2D eigenvalue weighted by Crippen LogP contribution is 2.18. The Morgan fingerprint density at radius 1 is 1.53 bits per heavy atom. The van der Waals surface area contributed by atoms with Crippen LogP contribution >= 0.6 is 11.3 Å². The summed E-state index contributed by atoms with van der Waals surface area (Å²) < 4.78 is 13.5. The summed E-state index contributed by atoms with van der Waals surface area (Å²) in [6.07, 6.45) is 2.77. The van der Waals surface area contributed by atoms with Gasteiger partial charge in [0.05, 0.1) is 12.1 Å². The Bertz CT molecular complexity index is 598. The molecule has 0 radical (unpaired) electrons. The lowest BCUT2D eigenvalue weighted by atomic mass is 10.2. The summed E-state index contributed by atoms with van der Waals surface area (Å²) in [6, 6.07) is 3.97. The Morgan fingerprint density at radius 3 is 2.89 bits per heavy atom. The molecule has 0 atom stereocenters.